The zero-order chi connectivity index (χ0) is 14.0. The van der Waals surface area contributed by atoms with E-state index in [9.17, 15) is 9.00 Å². The van der Waals surface area contributed by atoms with Crippen molar-refractivity contribution in [3.05, 3.63) is 42.5 Å². The molecule has 2 aromatic rings. The maximum atomic E-state index is 12.4. The second kappa shape index (κ2) is 5.53. The zero-order valence-electron chi connectivity index (χ0n) is 10.9. The second-order valence-electron chi connectivity index (χ2n) is 4.64. The molecule has 3 atom stereocenters. The van der Waals surface area contributed by atoms with Crippen LogP contribution in [0.5, 0.6) is 0 Å². The number of fused-ring (bicyclic) bond motifs is 1. The predicted molar refractivity (Wildman–Crippen MR) is 76.6 cm³/mol. The van der Waals surface area contributed by atoms with Crippen LogP contribution < -0.4 is 0 Å². The van der Waals surface area contributed by atoms with Crippen LogP contribution in [-0.4, -0.2) is 20.5 Å². The van der Waals surface area contributed by atoms with E-state index in [1.807, 2.05) is 42.5 Å². The molecular formula is C15H16O3S. The zero-order valence-corrected chi connectivity index (χ0v) is 11.7. The Morgan fingerprint density at radius 3 is 2.37 bits per heavy atom. The van der Waals surface area contributed by atoms with Crippen molar-refractivity contribution in [2.24, 2.45) is 5.92 Å². The molecule has 0 saturated heterocycles. The number of benzene rings is 2. The molecule has 3 unspecified atom stereocenters. The first-order chi connectivity index (χ1) is 9.00. The van der Waals surface area contributed by atoms with Gasteiger partial charge in [-0.3, -0.25) is 9.00 Å². The number of hydrogen-bond acceptors (Lipinski definition) is 2. The lowest BCUT2D eigenvalue weighted by Crippen LogP contribution is -2.26. The molecule has 3 nitrogen and oxygen atoms in total. The number of carboxylic acids is 1. The molecule has 2 rings (SSSR count). The van der Waals surface area contributed by atoms with Gasteiger partial charge in [0.25, 0.3) is 0 Å². The number of hydrogen-bond donors (Lipinski definition) is 1. The summed E-state index contributed by atoms with van der Waals surface area (Å²) in [6.07, 6.45) is 0. The molecule has 0 bridgehead atoms. The first-order valence-electron chi connectivity index (χ1n) is 6.13. The fraction of sp³-hybridized carbons (Fsp3) is 0.267. The van der Waals surface area contributed by atoms with E-state index >= 15 is 0 Å². The minimum absolute atomic E-state index is 0.418. The van der Waals surface area contributed by atoms with Gasteiger partial charge in [0.1, 0.15) is 0 Å². The largest absolute Gasteiger partial charge is 0.481 e. The molecular weight excluding hydrogens is 260 g/mol. The Bertz CT molecular complexity index is 636. The summed E-state index contributed by atoms with van der Waals surface area (Å²) in [5.41, 5.74) is 0. The van der Waals surface area contributed by atoms with Crippen LogP contribution in [-0.2, 0) is 15.6 Å². The molecule has 0 amide bonds. The summed E-state index contributed by atoms with van der Waals surface area (Å²) in [5, 5.41) is 10.7. The third-order valence-corrected chi connectivity index (χ3v) is 5.19. The Balaban J connectivity index is 2.33. The van der Waals surface area contributed by atoms with Crippen LogP contribution in [0, 0.1) is 5.92 Å². The average molecular weight is 276 g/mol. The molecule has 100 valence electrons. The Morgan fingerprint density at radius 2 is 1.74 bits per heavy atom. The van der Waals surface area contributed by atoms with E-state index in [4.69, 9.17) is 5.11 Å². The van der Waals surface area contributed by atoms with Gasteiger partial charge in [-0.2, -0.15) is 0 Å². The monoisotopic (exact) mass is 276 g/mol. The van der Waals surface area contributed by atoms with Crippen molar-refractivity contribution in [2.45, 2.75) is 24.0 Å². The molecule has 0 fully saturated rings. The fourth-order valence-electron chi connectivity index (χ4n) is 1.89. The molecule has 0 saturated carbocycles. The summed E-state index contributed by atoms with van der Waals surface area (Å²) in [6, 6.07) is 13.4. The molecule has 0 aromatic heterocycles. The van der Waals surface area contributed by atoms with Crippen LogP contribution in [0.15, 0.2) is 47.4 Å². The van der Waals surface area contributed by atoms with Crippen molar-refractivity contribution in [1.29, 1.82) is 0 Å². The highest BCUT2D eigenvalue weighted by Gasteiger charge is 2.25. The SMILES string of the molecule is CC(C(=O)O)C(C)S(=O)c1ccc2ccccc2c1. The second-order valence-corrected chi connectivity index (χ2v) is 6.45. The van der Waals surface area contributed by atoms with E-state index in [1.165, 1.54) is 0 Å². The molecule has 4 heteroatoms. The molecule has 2 aromatic carbocycles. The summed E-state index contributed by atoms with van der Waals surface area (Å²) in [5.74, 6) is -1.55. The predicted octanol–water partition coefficient (Wildman–Crippen LogP) is 3.06. The highest BCUT2D eigenvalue weighted by atomic mass is 32.2. The molecule has 0 aliphatic heterocycles. The highest BCUT2D eigenvalue weighted by molar-refractivity contribution is 7.85. The standard InChI is InChI=1S/C15H16O3S/c1-10(15(16)17)11(2)19(18)14-8-7-12-5-3-4-6-13(12)9-14/h3-11H,1-2H3,(H,16,17). The lowest BCUT2D eigenvalue weighted by Gasteiger charge is -2.15. The third kappa shape index (κ3) is 2.84. The van der Waals surface area contributed by atoms with Gasteiger partial charge in [-0.1, -0.05) is 37.3 Å². The number of carboxylic acid groups (broad SMARTS) is 1. The van der Waals surface area contributed by atoms with Crippen LogP contribution >= 0.6 is 0 Å². The molecule has 0 radical (unpaired) electrons. The molecule has 0 spiro atoms. The Kier molecular flexibility index (Phi) is 4.00. The van der Waals surface area contributed by atoms with E-state index in [0.29, 0.717) is 4.90 Å². The van der Waals surface area contributed by atoms with Gasteiger partial charge in [0.05, 0.1) is 16.7 Å². The number of carbonyl (C=O) groups is 1. The van der Waals surface area contributed by atoms with E-state index in [2.05, 4.69) is 0 Å². The Morgan fingerprint density at radius 1 is 1.11 bits per heavy atom. The lowest BCUT2D eigenvalue weighted by atomic mass is 10.1. The van der Waals surface area contributed by atoms with Gasteiger partial charge in [-0.05, 0) is 29.8 Å². The summed E-state index contributed by atoms with van der Waals surface area (Å²) in [7, 11) is -1.32. The Labute approximate surface area is 114 Å². The van der Waals surface area contributed by atoms with Crippen LogP contribution in [0.3, 0.4) is 0 Å². The quantitative estimate of drug-likeness (QED) is 0.933. The van der Waals surface area contributed by atoms with Crippen LogP contribution in [0.25, 0.3) is 10.8 Å². The smallest absolute Gasteiger partial charge is 0.307 e. The van der Waals surface area contributed by atoms with Gasteiger partial charge >= 0.3 is 5.97 Å². The van der Waals surface area contributed by atoms with Gasteiger partial charge in [0.2, 0.25) is 0 Å². The minimum atomic E-state index is -1.32. The topological polar surface area (TPSA) is 54.4 Å². The van der Waals surface area contributed by atoms with Crippen molar-refractivity contribution < 1.29 is 14.1 Å². The van der Waals surface area contributed by atoms with Crippen molar-refractivity contribution in [3.63, 3.8) is 0 Å². The molecule has 0 aliphatic carbocycles. The maximum absolute atomic E-state index is 12.4. The minimum Gasteiger partial charge on any atom is -0.481 e. The van der Waals surface area contributed by atoms with Gasteiger partial charge in [-0.25, -0.2) is 0 Å². The van der Waals surface area contributed by atoms with Gasteiger partial charge in [0.15, 0.2) is 0 Å². The normalized spacial score (nSPS) is 15.9. The first-order valence-corrected chi connectivity index (χ1v) is 7.34. The molecule has 0 aliphatic rings. The maximum Gasteiger partial charge on any atom is 0.307 e. The van der Waals surface area contributed by atoms with E-state index in [0.717, 1.165) is 10.8 Å². The van der Waals surface area contributed by atoms with E-state index in [-0.39, 0.29) is 0 Å². The van der Waals surface area contributed by atoms with Crippen LogP contribution in [0.1, 0.15) is 13.8 Å². The van der Waals surface area contributed by atoms with Crippen LogP contribution in [0.2, 0.25) is 0 Å². The van der Waals surface area contributed by atoms with Crippen LogP contribution in [0.4, 0.5) is 0 Å². The first kappa shape index (κ1) is 13.7. The highest BCUT2D eigenvalue weighted by Crippen LogP contribution is 2.22. The summed E-state index contributed by atoms with van der Waals surface area (Å²) in [6.45, 7) is 3.30. The summed E-state index contributed by atoms with van der Waals surface area (Å²) in [4.78, 5) is 11.6. The number of aliphatic carboxylic acids is 1. The molecule has 0 heterocycles. The van der Waals surface area contributed by atoms with Crippen molar-refractivity contribution in [3.8, 4) is 0 Å². The van der Waals surface area contributed by atoms with Gasteiger partial charge in [-0.15, -0.1) is 0 Å². The molecule has 19 heavy (non-hydrogen) atoms. The van der Waals surface area contributed by atoms with E-state index in [1.54, 1.807) is 13.8 Å². The van der Waals surface area contributed by atoms with Crippen molar-refractivity contribution in [1.82, 2.24) is 0 Å². The summed E-state index contributed by atoms with van der Waals surface area (Å²) < 4.78 is 12.4. The summed E-state index contributed by atoms with van der Waals surface area (Å²) >= 11 is 0. The fourth-order valence-corrected chi connectivity index (χ4v) is 3.26. The van der Waals surface area contributed by atoms with Crippen molar-refractivity contribution in [2.75, 3.05) is 0 Å². The van der Waals surface area contributed by atoms with Crippen molar-refractivity contribution >= 4 is 27.5 Å². The third-order valence-electron chi connectivity index (χ3n) is 3.38. The lowest BCUT2D eigenvalue weighted by molar-refractivity contribution is -0.141. The van der Waals surface area contributed by atoms with Gasteiger partial charge < -0.3 is 5.11 Å². The van der Waals surface area contributed by atoms with E-state index < -0.39 is 27.9 Å². The number of rotatable bonds is 4. The average Bonchev–Trinajstić information content (AvgIpc) is 2.44. The molecule has 1 N–H and O–H groups in total. The Hall–Kier alpha value is -1.68. The van der Waals surface area contributed by atoms with Gasteiger partial charge in [0, 0.05) is 10.1 Å².